The van der Waals surface area contributed by atoms with Crippen molar-refractivity contribution in [3.8, 4) is 0 Å². The van der Waals surface area contributed by atoms with E-state index < -0.39 is 11.9 Å². The second-order valence-electron chi connectivity index (χ2n) is 3.67. The molecular weight excluding hydrogens is 316 g/mol. The Kier molecular flexibility index (Phi) is 3.61. The summed E-state index contributed by atoms with van der Waals surface area (Å²) in [6, 6.07) is 1.62. The molecule has 19 heavy (non-hydrogen) atoms. The monoisotopic (exact) mass is 324 g/mol. The number of nitrogens with one attached hydrogen (secondary N) is 1. The zero-order chi connectivity index (χ0) is 14.0. The lowest BCUT2D eigenvalue weighted by Gasteiger charge is -2.06. The number of carbonyl (C=O) groups excluding carboxylic acids is 1. The molecule has 0 aliphatic carbocycles. The van der Waals surface area contributed by atoms with Crippen LogP contribution in [0.3, 0.4) is 0 Å². The van der Waals surface area contributed by atoms with Gasteiger partial charge in [0.1, 0.15) is 5.69 Å². The molecule has 0 spiro atoms. The maximum atomic E-state index is 12.0. The SMILES string of the molecule is Cn1cc(Br)cc1C(=O)Nc1nccnc1C(=O)O. The normalized spacial score (nSPS) is 10.2. The van der Waals surface area contributed by atoms with Gasteiger partial charge in [-0.25, -0.2) is 14.8 Å². The zero-order valence-corrected chi connectivity index (χ0v) is 11.4. The van der Waals surface area contributed by atoms with Gasteiger partial charge in [0.2, 0.25) is 0 Å². The van der Waals surface area contributed by atoms with Crippen molar-refractivity contribution in [3.05, 3.63) is 40.5 Å². The van der Waals surface area contributed by atoms with E-state index in [0.29, 0.717) is 5.69 Å². The highest BCUT2D eigenvalue weighted by Crippen LogP contribution is 2.16. The molecule has 98 valence electrons. The molecule has 7 nitrogen and oxygen atoms in total. The Balaban J connectivity index is 2.29. The van der Waals surface area contributed by atoms with E-state index in [-0.39, 0.29) is 11.5 Å². The lowest BCUT2D eigenvalue weighted by atomic mass is 10.3. The van der Waals surface area contributed by atoms with E-state index in [1.54, 1.807) is 23.9 Å². The van der Waals surface area contributed by atoms with Crippen molar-refractivity contribution < 1.29 is 14.7 Å². The number of amides is 1. The molecule has 2 N–H and O–H groups in total. The van der Waals surface area contributed by atoms with E-state index in [2.05, 4.69) is 31.2 Å². The molecule has 2 heterocycles. The van der Waals surface area contributed by atoms with Crippen molar-refractivity contribution in [2.24, 2.45) is 7.05 Å². The largest absolute Gasteiger partial charge is 0.476 e. The van der Waals surface area contributed by atoms with Crippen molar-refractivity contribution in [2.45, 2.75) is 0 Å². The van der Waals surface area contributed by atoms with Gasteiger partial charge >= 0.3 is 5.97 Å². The third kappa shape index (κ3) is 2.79. The molecule has 0 aromatic carbocycles. The fourth-order valence-electron chi connectivity index (χ4n) is 1.51. The van der Waals surface area contributed by atoms with Crippen molar-refractivity contribution in [1.82, 2.24) is 14.5 Å². The molecule has 1 amide bonds. The van der Waals surface area contributed by atoms with Gasteiger partial charge in [-0.2, -0.15) is 0 Å². The maximum Gasteiger partial charge on any atom is 0.358 e. The minimum absolute atomic E-state index is 0.0858. The third-order valence-electron chi connectivity index (χ3n) is 2.34. The van der Waals surface area contributed by atoms with Crippen LogP contribution in [-0.4, -0.2) is 31.5 Å². The summed E-state index contributed by atoms with van der Waals surface area (Å²) in [6.07, 6.45) is 4.27. The number of aromatic carboxylic acids is 1. The van der Waals surface area contributed by atoms with Crippen molar-refractivity contribution in [3.63, 3.8) is 0 Å². The molecule has 2 rings (SSSR count). The van der Waals surface area contributed by atoms with Crippen LogP contribution < -0.4 is 5.32 Å². The molecule has 0 fully saturated rings. The number of halogens is 1. The lowest BCUT2D eigenvalue weighted by Crippen LogP contribution is -2.19. The summed E-state index contributed by atoms with van der Waals surface area (Å²) in [5.41, 5.74) is 0.0676. The number of hydrogen-bond acceptors (Lipinski definition) is 4. The van der Waals surface area contributed by atoms with E-state index in [9.17, 15) is 9.59 Å². The first kappa shape index (κ1) is 13.2. The van der Waals surface area contributed by atoms with Crippen LogP contribution >= 0.6 is 15.9 Å². The Bertz CT molecular complexity index is 653. The predicted octanol–water partition coefficient (Wildman–Crippen LogP) is 1.53. The molecule has 0 saturated carbocycles. The third-order valence-corrected chi connectivity index (χ3v) is 2.77. The van der Waals surface area contributed by atoms with Crippen LogP contribution in [0.15, 0.2) is 29.1 Å². The number of hydrogen-bond donors (Lipinski definition) is 2. The Morgan fingerprint density at radius 2 is 2.05 bits per heavy atom. The molecular formula is C11H9BrN4O3. The van der Waals surface area contributed by atoms with Gasteiger partial charge in [0, 0.05) is 30.1 Å². The van der Waals surface area contributed by atoms with Crippen molar-refractivity contribution >= 4 is 33.6 Å². The number of aryl methyl sites for hydroxylation is 1. The van der Waals surface area contributed by atoms with Gasteiger partial charge in [-0.1, -0.05) is 0 Å². The van der Waals surface area contributed by atoms with Crippen LogP contribution in [0.4, 0.5) is 5.82 Å². The second kappa shape index (κ2) is 5.19. The Morgan fingerprint density at radius 1 is 1.37 bits per heavy atom. The van der Waals surface area contributed by atoms with Gasteiger partial charge in [-0.05, 0) is 22.0 Å². The Hall–Kier alpha value is -2.22. The number of carbonyl (C=O) groups is 2. The summed E-state index contributed by atoms with van der Waals surface area (Å²) >= 11 is 3.25. The highest BCUT2D eigenvalue weighted by molar-refractivity contribution is 9.10. The minimum Gasteiger partial charge on any atom is -0.476 e. The molecule has 0 atom stereocenters. The molecule has 8 heteroatoms. The van der Waals surface area contributed by atoms with Gasteiger partial charge in [-0.3, -0.25) is 4.79 Å². The lowest BCUT2D eigenvalue weighted by molar-refractivity contribution is 0.0691. The number of nitrogens with zero attached hydrogens (tertiary/aromatic N) is 3. The second-order valence-corrected chi connectivity index (χ2v) is 4.58. The first-order valence-corrected chi connectivity index (χ1v) is 5.96. The smallest absolute Gasteiger partial charge is 0.358 e. The highest BCUT2D eigenvalue weighted by atomic mass is 79.9. The van der Waals surface area contributed by atoms with Crippen LogP contribution in [0.1, 0.15) is 21.0 Å². The maximum absolute atomic E-state index is 12.0. The summed E-state index contributed by atoms with van der Waals surface area (Å²) in [5.74, 6) is -1.80. The molecule has 0 unspecified atom stereocenters. The number of aromatic nitrogens is 3. The summed E-state index contributed by atoms with van der Waals surface area (Å²) in [4.78, 5) is 30.4. The van der Waals surface area contributed by atoms with E-state index >= 15 is 0 Å². The summed E-state index contributed by atoms with van der Waals surface area (Å²) in [7, 11) is 1.70. The van der Waals surface area contributed by atoms with Gasteiger partial charge < -0.3 is 15.0 Å². The average molecular weight is 325 g/mol. The zero-order valence-electron chi connectivity index (χ0n) is 9.79. The highest BCUT2D eigenvalue weighted by Gasteiger charge is 2.17. The van der Waals surface area contributed by atoms with Crippen LogP contribution in [0.2, 0.25) is 0 Å². The summed E-state index contributed by atoms with van der Waals surface area (Å²) < 4.78 is 2.36. The van der Waals surface area contributed by atoms with Crippen molar-refractivity contribution in [1.29, 1.82) is 0 Å². The number of anilines is 1. The molecule has 2 aromatic heterocycles. The van der Waals surface area contributed by atoms with Crippen LogP contribution in [0, 0.1) is 0 Å². The molecule has 0 aliphatic heterocycles. The van der Waals surface area contributed by atoms with E-state index in [0.717, 1.165) is 4.47 Å². The van der Waals surface area contributed by atoms with E-state index in [1.807, 2.05) is 0 Å². The summed E-state index contributed by atoms with van der Waals surface area (Å²) in [6.45, 7) is 0. The fraction of sp³-hybridized carbons (Fsp3) is 0.0909. The first-order valence-electron chi connectivity index (χ1n) is 5.16. The van der Waals surface area contributed by atoms with Gasteiger partial charge in [0.15, 0.2) is 11.5 Å². The quantitative estimate of drug-likeness (QED) is 0.892. The Morgan fingerprint density at radius 3 is 2.63 bits per heavy atom. The van der Waals surface area contributed by atoms with Gasteiger partial charge in [0.05, 0.1) is 0 Å². The van der Waals surface area contributed by atoms with Crippen molar-refractivity contribution in [2.75, 3.05) is 5.32 Å². The topological polar surface area (TPSA) is 97.1 Å². The standard InChI is InChI=1S/C11H9BrN4O3/c1-16-5-6(12)4-7(16)10(17)15-9-8(11(18)19)13-2-3-14-9/h2-5H,1H3,(H,18,19)(H,14,15,17). The van der Waals surface area contributed by atoms with Crippen LogP contribution in [0.25, 0.3) is 0 Å². The first-order chi connectivity index (χ1) is 8.99. The molecule has 0 saturated heterocycles. The Labute approximate surface area is 116 Å². The number of carboxylic acids is 1. The summed E-state index contributed by atoms with van der Waals surface area (Å²) in [5, 5.41) is 11.4. The van der Waals surface area contributed by atoms with Crippen LogP contribution in [-0.2, 0) is 7.05 Å². The van der Waals surface area contributed by atoms with Crippen LogP contribution in [0.5, 0.6) is 0 Å². The minimum atomic E-state index is -1.25. The molecule has 0 bridgehead atoms. The van der Waals surface area contributed by atoms with E-state index in [1.165, 1.54) is 12.4 Å². The molecule has 0 radical (unpaired) electrons. The predicted molar refractivity (Wildman–Crippen MR) is 70.1 cm³/mol. The number of rotatable bonds is 3. The molecule has 0 aliphatic rings. The fourth-order valence-corrected chi connectivity index (χ4v) is 2.03. The van der Waals surface area contributed by atoms with Gasteiger partial charge in [-0.15, -0.1) is 0 Å². The molecule has 2 aromatic rings. The number of carboxylic acid groups (broad SMARTS) is 1. The van der Waals surface area contributed by atoms with E-state index in [4.69, 9.17) is 5.11 Å². The average Bonchev–Trinajstić information content (AvgIpc) is 2.69. The van der Waals surface area contributed by atoms with Gasteiger partial charge in [0.25, 0.3) is 5.91 Å².